The molecular weight excluding hydrogens is 340 g/mol. The minimum atomic E-state index is -3.58. The highest BCUT2D eigenvalue weighted by Gasteiger charge is 2.28. The van der Waals surface area contributed by atoms with Gasteiger partial charge in [-0.15, -0.1) is 0 Å². The van der Waals surface area contributed by atoms with Crippen LogP contribution in [-0.4, -0.2) is 62.9 Å². The number of esters is 1. The summed E-state index contributed by atoms with van der Waals surface area (Å²) < 4.78 is 32.7. The summed E-state index contributed by atoms with van der Waals surface area (Å²) >= 11 is 0. The molecule has 1 aliphatic carbocycles. The molecule has 1 aromatic rings. The summed E-state index contributed by atoms with van der Waals surface area (Å²) in [7, 11) is -1.60. The van der Waals surface area contributed by atoms with Gasteiger partial charge in [-0.3, -0.25) is 0 Å². The second-order valence-electron chi connectivity index (χ2n) is 6.90. The number of benzene rings is 1. The van der Waals surface area contributed by atoms with Crippen LogP contribution in [0.5, 0.6) is 0 Å². The highest BCUT2D eigenvalue weighted by atomic mass is 32.2. The Bertz CT molecular complexity index is 706. The van der Waals surface area contributed by atoms with Crippen LogP contribution in [0.3, 0.4) is 0 Å². The lowest BCUT2D eigenvalue weighted by atomic mass is 9.98. The molecule has 3 rings (SSSR count). The van der Waals surface area contributed by atoms with Crippen LogP contribution in [0.4, 0.5) is 0 Å². The molecule has 25 heavy (non-hydrogen) atoms. The molecule has 1 heterocycles. The molecule has 2 aliphatic rings. The highest BCUT2D eigenvalue weighted by Crippen LogP contribution is 2.23. The number of piperazine rings is 1. The van der Waals surface area contributed by atoms with E-state index in [0.29, 0.717) is 31.7 Å². The number of carbonyl (C=O) groups is 1. The first-order valence-electron chi connectivity index (χ1n) is 8.96. The summed E-state index contributed by atoms with van der Waals surface area (Å²) in [6.45, 7) is 2.36. The summed E-state index contributed by atoms with van der Waals surface area (Å²) in [4.78, 5) is 14.6. The predicted octanol–water partition coefficient (Wildman–Crippen LogP) is 2.11. The predicted molar refractivity (Wildman–Crippen MR) is 95.0 cm³/mol. The minimum Gasteiger partial charge on any atom is -0.459 e. The molecule has 0 unspecified atom stereocenters. The zero-order valence-corrected chi connectivity index (χ0v) is 15.5. The third-order valence-corrected chi connectivity index (χ3v) is 6.89. The van der Waals surface area contributed by atoms with Gasteiger partial charge >= 0.3 is 5.97 Å². The Morgan fingerprint density at radius 3 is 2.44 bits per heavy atom. The molecule has 0 amide bonds. The van der Waals surface area contributed by atoms with Crippen molar-refractivity contribution in [2.24, 2.45) is 0 Å². The number of sulfonamides is 1. The molecule has 6 nitrogen and oxygen atoms in total. The third kappa shape index (κ3) is 4.40. The molecule has 0 aromatic heterocycles. The Morgan fingerprint density at radius 1 is 1.08 bits per heavy atom. The van der Waals surface area contributed by atoms with E-state index in [1.807, 2.05) is 7.05 Å². The second-order valence-corrected chi connectivity index (χ2v) is 8.84. The van der Waals surface area contributed by atoms with Gasteiger partial charge in [0.15, 0.2) is 0 Å². The normalized spacial score (nSPS) is 21.2. The van der Waals surface area contributed by atoms with E-state index in [4.69, 9.17) is 4.74 Å². The van der Waals surface area contributed by atoms with Gasteiger partial charge in [0, 0.05) is 26.2 Å². The van der Waals surface area contributed by atoms with Gasteiger partial charge in [-0.2, -0.15) is 4.31 Å². The first-order chi connectivity index (χ1) is 12.0. The summed E-state index contributed by atoms with van der Waals surface area (Å²) in [6.07, 6.45) is 5.09. The summed E-state index contributed by atoms with van der Waals surface area (Å²) in [5.41, 5.74) is 0.306. The van der Waals surface area contributed by atoms with E-state index in [9.17, 15) is 13.2 Å². The zero-order chi connectivity index (χ0) is 17.9. The number of hydrogen-bond acceptors (Lipinski definition) is 5. The first-order valence-corrected chi connectivity index (χ1v) is 10.4. The van der Waals surface area contributed by atoms with Crippen LogP contribution in [0.15, 0.2) is 29.2 Å². The van der Waals surface area contributed by atoms with Crippen molar-refractivity contribution >= 4 is 16.0 Å². The zero-order valence-electron chi connectivity index (χ0n) is 14.7. The van der Waals surface area contributed by atoms with Crippen molar-refractivity contribution in [2.75, 3.05) is 33.2 Å². The fraction of sp³-hybridized carbons (Fsp3) is 0.611. The second kappa shape index (κ2) is 7.85. The van der Waals surface area contributed by atoms with Crippen LogP contribution in [0.25, 0.3) is 0 Å². The van der Waals surface area contributed by atoms with E-state index < -0.39 is 16.0 Å². The topological polar surface area (TPSA) is 66.9 Å². The van der Waals surface area contributed by atoms with Crippen molar-refractivity contribution < 1.29 is 17.9 Å². The molecule has 1 saturated carbocycles. The van der Waals surface area contributed by atoms with Gasteiger partial charge in [0.1, 0.15) is 6.10 Å². The molecule has 0 bridgehead atoms. The molecule has 1 aromatic carbocycles. The molecule has 0 radical (unpaired) electrons. The van der Waals surface area contributed by atoms with Crippen molar-refractivity contribution in [3.8, 4) is 0 Å². The van der Waals surface area contributed by atoms with E-state index in [0.717, 1.165) is 25.7 Å². The number of rotatable bonds is 4. The third-order valence-electron chi connectivity index (χ3n) is 5.00. The Balaban J connectivity index is 1.73. The largest absolute Gasteiger partial charge is 0.459 e. The van der Waals surface area contributed by atoms with E-state index >= 15 is 0 Å². The average molecular weight is 366 g/mol. The van der Waals surface area contributed by atoms with Crippen molar-refractivity contribution in [2.45, 2.75) is 43.1 Å². The van der Waals surface area contributed by atoms with Crippen LogP contribution in [0, 0.1) is 0 Å². The molecule has 138 valence electrons. The summed E-state index contributed by atoms with van der Waals surface area (Å²) in [5, 5.41) is 0. The lowest BCUT2D eigenvalue weighted by molar-refractivity contribution is 0.0211. The van der Waals surface area contributed by atoms with Crippen LogP contribution in [0.1, 0.15) is 42.5 Å². The van der Waals surface area contributed by atoms with Crippen LogP contribution < -0.4 is 0 Å². The van der Waals surface area contributed by atoms with Crippen molar-refractivity contribution in [3.05, 3.63) is 29.8 Å². The SMILES string of the molecule is CN1CCN(S(=O)(=O)c2cccc(C(=O)OC3CCCCC3)c2)CC1. The van der Waals surface area contributed by atoms with Crippen molar-refractivity contribution in [1.82, 2.24) is 9.21 Å². The van der Waals surface area contributed by atoms with E-state index in [-0.39, 0.29) is 11.0 Å². The summed E-state index contributed by atoms with van der Waals surface area (Å²) in [5.74, 6) is -0.428. The molecule has 0 atom stereocenters. The Hall–Kier alpha value is -1.44. The lowest BCUT2D eigenvalue weighted by Gasteiger charge is -2.31. The highest BCUT2D eigenvalue weighted by molar-refractivity contribution is 7.89. The van der Waals surface area contributed by atoms with E-state index in [1.165, 1.54) is 16.8 Å². The van der Waals surface area contributed by atoms with Crippen LogP contribution in [0.2, 0.25) is 0 Å². The molecule has 7 heteroatoms. The Labute approximate surface area is 149 Å². The van der Waals surface area contributed by atoms with Gasteiger partial charge in [-0.05, 0) is 50.9 Å². The Kier molecular flexibility index (Phi) is 5.76. The number of hydrogen-bond donors (Lipinski definition) is 0. The van der Waals surface area contributed by atoms with Crippen molar-refractivity contribution in [3.63, 3.8) is 0 Å². The summed E-state index contributed by atoms with van der Waals surface area (Å²) in [6, 6.07) is 6.22. The molecule has 1 aliphatic heterocycles. The number of likely N-dealkylation sites (N-methyl/N-ethyl adjacent to an activating group) is 1. The molecule has 1 saturated heterocycles. The quantitative estimate of drug-likeness (QED) is 0.764. The minimum absolute atomic E-state index is 0.0425. The Morgan fingerprint density at radius 2 is 1.76 bits per heavy atom. The number of ether oxygens (including phenoxy) is 1. The maximum atomic E-state index is 12.8. The molecule has 2 fully saturated rings. The molecule has 0 N–H and O–H groups in total. The van der Waals surface area contributed by atoms with E-state index in [2.05, 4.69) is 4.90 Å². The molecular formula is C18H26N2O4S. The number of carbonyl (C=O) groups excluding carboxylic acids is 1. The van der Waals surface area contributed by atoms with Gasteiger partial charge in [-0.25, -0.2) is 13.2 Å². The lowest BCUT2D eigenvalue weighted by Crippen LogP contribution is -2.47. The average Bonchev–Trinajstić information content (AvgIpc) is 2.63. The fourth-order valence-corrected chi connectivity index (χ4v) is 4.83. The van der Waals surface area contributed by atoms with Gasteiger partial charge in [0.25, 0.3) is 0 Å². The smallest absolute Gasteiger partial charge is 0.338 e. The van der Waals surface area contributed by atoms with Gasteiger partial charge in [0.2, 0.25) is 10.0 Å². The van der Waals surface area contributed by atoms with E-state index in [1.54, 1.807) is 18.2 Å². The van der Waals surface area contributed by atoms with Gasteiger partial charge < -0.3 is 9.64 Å². The number of nitrogens with zero attached hydrogens (tertiary/aromatic N) is 2. The van der Waals surface area contributed by atoms with Gasteiger partial charge in [-0.1, -0.05) is 12.5 Å². The standard InChI is InChI=1S/C18H26N2O4S/c1-19-10-12-20(13-11-19)25(22,23)17-9-5-6-15(14-17)18(21)24-16-7-3-2-4-8-16/h5-6,9,14,16H,2-4,7-8,10-13H2,1H3. The van der Waals surface area contributed by atoms with Crippen LogP contribution in [-0.2, 0) is 14.8 Å². The molecule has 0 spiro atoms. The van der Waals surface area contributed by atoms with Crippen molar-refractivity contribution in [1.29, 1.82) is 0 Å². The fourth-order valence-electron chi connectivity index (χ4n) is 3.36. The maximum Gasteiger partial charge on any atom is 0.338 e. The van der Waals surface area contributed by atoms with Gasteiger partial charge in [0.05, 0.1) is 10.5 Å². The first kappa shape index (κ1) is 18.4. The maximum absolute atomic E-state index is 12.8. The van der Waals surface area contributed by atoms with Crippen LogP contribution >= 0.6 is 0 Å². The monoisotopic (exact) mass is 366 g/mol.